The van der Waals surface area contributed by atoms with Crippen molar-refractivity contribution in [2.24, 2.45) is 0 Å². The summed E-state index contributed by atoms with van der Waals surface area (Å²) in [6, 6.07) is 6.50. The van der Waals surface area contributed by atoms with Gasteiger partial charge in [-0.2, -0.15) is 18.3 Å². The van der Waals surface area contributed by atoms with Crippen LogP contribution in [-0.2, 0) is 25.6 Å². The summed E-state index contributed by atoms with van der Waals surface area (Å²) in [6.07, 6.45) is -2.09. The zero-order valence-electron chi connectivity index (χ0n) is 13.8. The van der Waals surface area contributed by atoms with Crippen LogP contribution in [0.1, 0.15) is 50.5 Å². The van der Waals surface area contributed by atoms with Crippen LogP contribution in [-0.4, -0.2) is 33.0 Å². The molecule has 136 valence electrons. The Hall–Kier alpha value is -2.64. The predicted molar refractivity (Wildman–Crippen MR) is 85.7 cm³/mol. The minimum Gasteiger partial charge on any atom is -0.272 e. The van der Waals surface area contributed by atoms with Gasteiger partial charge in [0.05, 0.1) is 17.7 Å². The lowest BCUT2D eigenvalue weighted by Gasteiger charge is -2.17. The van der Waals surface area contributed by atoms with Crippen molar-refractivity contribution in [3.63, 3.8) is 0 Å². The number of fused-ring (bicyclic) bond motifs is 2. The van der Waals surface area contributed by atoms with Gasteiger partial charge in [0.2, 0.25) is 0 Å². The van der Waals surface area contributed by atoms with Crippen LogP contribution in [0.5, 0.6) is 0 Å². The summed E-state index contributed by atoms with van der Waals surface area (Å²) < 4.78 is 41.0. The molecule has 5 nitrogen and oxygen atoms in total. The maximum atomic E-state index is 13.2. The summed E-state index contributed by atoms with van der Waals surface area (Å²) in [5, 5.41) is 3.77. The van der Waals surface area contributed by atoms with Gasteiger partial charge in [0.1, 0.15) is 0 Å². The second-order valence-corrected chi connectivity index (χ2v) is 6.51. The first-order chi connectivity index (χ1) is 12.4. The Kier molecular flexibility index (Phi) is 3.86. The second-order valence-electron chi connectivity index (χ2n) is 6.51. The van der Waals surface area contributed by atoms with Crippen molar-refractivity contribution in [3.8, 4) is 0 Å². The summed E-state index contributed by atoms with van der Waals surface area (Å²) >= 11 is 0. The van der Waals surface area contributed by atoms with Crippen LogP contribution in [0.25, 0.3) is 0 Å². The molecule has 2 amide bonds. The smallest absolute Gasteiger partial charge is 0.272 e. The van der Waals surface area contributed by atoms with E-state index in [9.17, 15) is 22.8 Å². The molecule has 0 spiro atoms. The lowest BCUT2D eigenvalue weighted by atomic mass is 9.95. The quantitative estimate of drug-likeness (QED) is 0.788. The van der Waals surface area contributed by atoms with E-state index in [1.807, 2.05) is 0 Å². The molecule has 0 atom stereocenters. The van der Waals surface area contributed by atoms with Crippen molar-refractivity contribution in [1.82, 2.24) is 14.7 Å². The molecule has 1 aliphatic carbocycles. The van der Waals surface area contributed by atoms with E-state index >= 15 is 0 Å². The van der Waals surface area contributed by atoms with E-state index in [0.29, 0.717) is 36.1 Å². The van der Waals surface area contributed by atoms with Crippen molar-refractivity contribution >= 4 is 11.8 Å². The summed E-state index contributed by atoms with van der Waals surface area (Å²) in [5.74, 6) is -0.828. The Bertz CT molecular complexity index is 867. The number of halogens is 3. The van der Waals surface area contributed by atoms with Crippen molar-refractivity contribution in [3.05, 3.63) is 52.3 Å². The molecule has 0 bridgehead atoms. The first kappa shape index (κ1) is 16.8. The van der Waals surface area contributed by atoms with Crippen molar-refractivity contribution in [1.29, 1.82) is 0 Å². The number of alkyl halides is 3. The maximum absolute atomic E-state index is 13.2. The lowest BCUT2D eigenvalue weighted by molar-refractivity contribution is -0.142. The van der Waals surface area contributed by atoms with Crippen LogP contribution in [0.3, 0.4) is 0 Å². The molecule has 2 aliphatic rings. The monoisotopic (exact) mass is 363 g/mol. The zero-order valence-corrected chi connectivity index (χ0v) is 13.8. The molecule has 0 saturated carbocycles. The highest BCUT2D eigenvalue weighted by molar-refractivity contribution is 6.21. The minimum atomic E-state index is -4.50. The first-order valence-electron chi connectivity index (χ1n) is 8.49. The summed E-state index contributed by atoms with van der Waals surface area (Å²) in [7, 11) is 0. The number of nitrogens with zero attached hydrogens (tertiary/aromatic N) is 3. The molecule has 0 N–H and O–H groups in total. The highest BCUT2D eigenvalue weighted by Gasteiger charge is 2.40. The highest BCUT2D eigenvalue weighted by atomic mass is 19.4. The van der Waals surface area contributed by atoms with E-state index in [2.05, 4.69) is 5.10 Å². The van der Waals surface area contributed by atoms with Crippen molar-refractivity contribution in [2.45, 2.75) is 38.4 Å². The number of carbonyl (C=O) groups excluding carboxylic acids is 2. The van der Waals surface area contributed by atoms with Gasteiger partial charge in [-0.15, -0.1) is 0 Å². The fourth-order valence-electron chi connectivity index (χ4n) is 3.72. The van der Waals surface area contributed by atoms with Gasteiger partial charge >= 0.3 is 6.18 Å². The third-order valence-corrected chi connectivity index (χ3v) is 4.94. The molecular formula is C18H16F3N3O2. The number of amides is 2. The number of imide groups is 1. The van der Waals surface area contributed by atoms with Gasteiger partial charge in [-0.25, -0.2) is 0 Å². The van der Waals surface area contributed by atoms with Gasteiger partial charge in [0.25, 0.3) is 11.8 Å². The van der Waals surface area contributed by atoms with E-state index in [1.165, 1.54) is 4.68 Å². The van der Waals surface area contributed by atoms with Gasteiger partial charge in [-0.05, 0) is 37.8 Å². The summed E-state index contributed by atoms with van der Waals surface area (Å²) in [6.45, 7) is 0.0572. The van der Waals surface area contributed by atoms with E-state index < -0.39 is 23.7 Å². The molecule has 8 heteroatoms. The fourth-order valence-corrected chi connectivity index (χ4v) is 3.72. The van der Waals surface area contributed by atoms with Crippen LogP contribution in [0.2, 0.25) is 0 Å². The largest absolute Gasteiger partial charge is 0.435 e. The molecule has 2 aromatic rings. The second kappa shape index (κ2) is 5.96. The standard InChI is InChI=1S/C18H16F3N3O2/c19-18(20,21)15-13-7-3-4-8-14(13)24(22-15)10-9-23-16(25)11-5-1-2-6-12(11)17(23)26/h1-2,5-6H,3-4,7-10H2. The van der Waals surface area contributed by atoms with Crippen LogP contribution in [0.4, 0.5) is 13.2 Å². The van der Waals surface area contributed by atoms with Gasteiger partial charge in [0.15, 0.2) is 5.69 Å². The molecule has 4 rings (SSSR count). The highest BCUT2D eigenvalue weighted by Crippen LogP contribution is 2.35. The number of carbonyl (C=O) groups is 2. The third kappa shape index (κ3) is 2.60. The van der Waals surface area contributed by atoms with Crippen LogP contribution < -0.4 is 0 Å². The molecule has 0 fully saturated rings. The number of hydrogen-bond acceptors (Lipinski definition) is 3. The molecule has 0 unspecified atom stereocenters. The first-order valence-corrected chi connectivity index (χ1v) is 8.49. The maximum Gasteiger partial charge on any atom is 0.435 e. The normalized spacial score (nSPS) is 16.8. The van der Waals surface area contributed by atoms with E-state index in [0.717, 1.165) is 11.3 Å². The van der Waals surface area contributed by atoms with Gasteiger partial charge in [-0.1, -0.05) is 12.1 Å². The average Bonchev–Trinajstić information content (AvgIpc) is 3.11. The number of rotatable bonds is 3. The van der Waals surface area contributed by atoms with Crippen LogP contribution >= 0.6 is 0 Å². The molecule has 1 aliphatic heterocycles. The molecular weight excluding hydrogens is 347 g/mol. The van der Waals surface area contributed by atoms with Gasteiger partial charge < -0.3 is 0 Å². The predicted octanol–water partition coefficient (Wildman–Crippen LogP) is 3.08. The number of benzene rings is 1. The summed E-state index contributed by atoms with van der Waals surface area (Å²) in [5.41, 5.74) is 0.646. The van der Waals surface area contributed by atoms with E-state index in [-0.39, 0.29) is 18.7 Å². The fraction of sp³-hybridized carbons (Fsp3) is 0.389. The topological polar surface area (TPSA) is 55.2 Å². The SMILES string of the molecule is O=C1c2ccccc2C(=O)N1CCn1nc(C(F)(F)F)c2c1CCCC2. The van der Waals surface area contributed by atoms with E-state index in [4.69, 9.17) is 0 Å². The van der Waals surface area contributed by atoms with Crippen molar-refractivity contribution < 1.29 is 22.8 Å². The molecule has 1 aromatic heterocycles. The zero-order chi connectivity index (χ0) is 18.5. The van der Waals surface area contributed by atoms with Gasteiger partial charge in [0, 0.05) is 17.8 Å². The van der Waals surface area contributed by atoms with Crippen molar-refractivity contribution in [2.75, 3.05) is 6.54 Å². The van der Waals surface area contributed by atoms with E-state index in [1.54, 1.807) is 24.3 Å². The minimum absolute atomic E-state index is 0.00222. The number of aromatic nitrogens is 2. The Morgan fingerprint density at radius 2 is 1.58 bits per heavy atom. The molecule has 26 heavy (non-hydrogen) atoms. The summed E-state index contributed by atoms with van der Waals surface area (Å²) in [4.78, 5) is 25.8. The Balaban J connectivity index is 1.59. The molecule has 0 saturated heterocycles. The average molecular weight is 363 g/mol. The third-order valence-electron chi connectivity index (χ3n) is 4.94. The molecule has 2 heterocycles. The lowest BCUT2D eigenvalue weighted by Crippen LogP contribution is -2.33. The number of hydrogen-bond donors (Lipinski definition) is 0. The Morgan fingerprint density at radius 3 is 2.19 bits per heavy atom. The van der Waals surface area contributed by atoms with Crippen LogP contribution in [0.15, 0.2) is 24.3 Å². The van der Waals surface area contributed by atoms with Gasteiger partial charge in [-0.3, -0.25) is 19.2 Å². The Morgan fingerprint density at radius 1 is 0.962 bits per heavy atom. The Labute approximate surface area is 147 Å². The van der Waals surface area contributed by atoms with Crippen LogP contribution in [0, 0.1) is 0 Å². The molecule has 0 radical (unpaired) electrons. The molecule has 1 aromatic carbocycles.